The van der Waals surface area contributed by atoms with Crippen LogP contribution in [0.3, 0.4) is 0 Å². The highest BCUT2D eigenvalue weighted by atomic mass is 35.5. The van der Waals surface area contributed by atoms with Crippen molar-refractivity contribution in [3.8, 4) is 0 Å². The molecule has 144 valence electrons. The lowest BCUT2D eigenvalue weighted by atomic mass is 10.1. The second-order valence-electron chi connectivity index (χ2n) is 6.62. The molecule has 0 aliphatic carbocycles. The summed E-state index contributed by atoms with van der Waals surface area (Å²) in [4.78, 5) is 19.3. The average molecular weight is 417 g/mol. The lowest BCUT2D eigenvalue weighted by molar-refractivity contribution is -0.117. The Hall–Kier alpha value is -2.51. The highest BCUT2D eigenvalue weighted by Crippen LogP contribution is 2.28. The number of rotatable bonds is 5. The van der Waals surface area contributed by atoms with Gasteiger partial charge in [-0.25, -0.2) is 9.37 Å². The maximum absolute atomic E-state index is 13.8. The Bertz CT molecular complexity index is 978. The number of carbonyl (C=O) groups excluding carboxylic acids is 1. The fraction of sp³-hybridized carbons (Fsp3) is 0.250. The minimum absolute atomic E-state index is 0.194. The van der Waals surface area contributed by atoms with Crippen LogP contribution in [-0.2, 0) is 11.2 Å². The third-order valence-corrected chi connectivity index (χ3v) is 5.71. The Labute approximate surface area is 171 Å². The fourth-order valence-electron chi connectivity index (χ4n) is 3.26. The molecule has 2 aromatic carbocycles. The molecule has 8 heteroatoms. The van der Waals surface area contributed by atoms with Gasteiger partial charge in [0.1, 0.15) is 17.7 Å². The zero-order chi connectivity index (χ0) is 19.5. The predicted molar refractivity (Wildman–Crippen MR) is 110 cm³/mol. The molecule has 1 amide bonds. The van der Waals surface area contributed by atoms with Crippen molar-refractivity contribution >= 4 is 39.9 Å². The van der Waals surface area contributed by atoms with E-state index in [0.717, 1.165) is 23.7 Å². The molecule has 1 aliphatic heterocycles. The van der Waals surface area contributed by atoms with Gasteiger partial charge < -0.3 is 10.2 Å². The molecule has 1 N–H and O–H groups in total. The second kappa shape index (κ2) is 8.24. The summed E-state index contributed by atoms with van der Waals surface area (Å²) >= 11 is 7.21. The van der Waals surface area contributed by atoms with Gasteiger partial charge in [-0.3, -0.25) is 4.79 Å². The smallest absolute Gasteiger partial charge is 0.247 e. The van der Waals surface area contributed by atoms with Crippen LogP contribution < -0.4 is 10.2 Å². The zero-order valence-electron chi connectivity index (χ0n) is 14.9. The number of para-hydroxylation sites is 1. The number of anilines is 2. The van der Waals surface area contributed by atoms with Crippen LogP contribution in [-0.4, -0.2) is 27.9 Å². The lowest BCUT2D eigenvalue weighted by Gasteiger charge is -2.22. The maximum atomic E-state index is 13.8. The summed E-state index contributed by atoms with van der Waals surface area (Å²) in [5, 5.41) is 4.10. The van der Waals surface area contributed by atoms with Crippen LogP contribution in [0.2, 0.25) is 5.02 Å². The number of carbonyl (C=O) groups is 1. The number of amides is 1. The largest absolute Gasteiger partial charge is 0.335 e. The minimum atomic E-state index is -0.443. The van der Waals surface area contributed by atoms with E-state index in [2.05, 4.69) is 14.7 Å². The van der Waals surface area contributed by atoms with Gasteiger partial charge in [-0.1, -0.05) is 35.9 Å². The summed E-state index contributed by atoms with van der Waals surface area (Å²) in [6.07, 6.45) is 2.18. The molecule has 5 nitrogen and oxygen atoms in total. The van der Waals surface area contributed by atoms with Crippen LogP contribution in [0.15, 0.2) is 48.5 Å². The van der Waals surface area contributed by atoms with E-state index in [1.54, 1.807) is 18.2 Å². The number of aromatic nitrogens is 2. The Morgan fingerprint density at radius 2 is 2.04 bits per heavy atom. The van der Waals surface area contributed by atoms with Gasteiger partial charge in [0.05, 0.1) is 5.69 Å². The Morgan fingerprint density at radius 3 is 2.82 bits per heavy atom. The number of benzene rings is 2. The first-order valence-electron chi connectivity index (χ1n) is 8.99. The van der Waals surface area contributed by atoms with Gasteiger partial charge in [0.25, 0.3) is 0 Å². The van der Waals surface area contributed by atoms with Crippen LogP contribution >= 0.6 is 23.1 Å². The third kappa shape index (κ3) is 4.15. The summed E-state index contributed by atoms with van der Waals surface area (Å²) in [5.41, 5.74) is 1.27. The molecular formula is C20H18ClFN4OS. The van der Waals surface area contributed by atoms with Crippen molar-refractivity contribution in [3.05, 3.63) is 70.8 Å². The van der Waals surface area contributed by atoms with Gasteiger partial charge in [0, 0.05) is 29.5 Å². The number of hydrogen-bond acceptors (Lipinski definition) is 5. The molecular weight excluding hydrogens is 399 g/mol. The molecule has 1 fully saturated rings. The van der Waals surface area contributed by atoms with E-state index in [1.165, 1.54) is 17.6 Å². The van der Waals surface area contributed by atoms with Crippen molar-refractivity contribution in [3.63, 3.8) is 0 Å². The number of halogens is 2. The Balaban J connectivity index is 1.46. The molecule has 3 aromatic rings. The van der Waals surface area contributed by atoms with Gasteiger partial charge in [-0.05, 0) is 42.7 Å². The van der Waals surface area contributed by atoms with Crippen LogP contribution in [0.5, 0.6) is 0 Å². The van der Waals surface area contributed by atoms with E-state index < -0.39 is 5.82 Å². The summed E-state index contributed by atoms with van der Waals surface area (Å²) in [7, 11) is 0. The lowest BCUT2D eigenvalue weighted by Crippen LogP contribution is -2.39. The van der Waals surface area contributed by atoms with Crippen molar-refractivity contribution in [1.82, 2.24) is 9.36 Å². The van der Waals surface area contributed by atoms with Crippen molar-refractivity contribution in [1.29, 1.82) is 0 Å². The minimum Gasteiger partial charge on any atom is -0.335 e. The van der Waals surface area contributed by atoms with Gasteiger partial charge >= 0.3 is 0 Å². The quantitative estimate of drug-likeness (QED) is 0.664. The van der Waals surface area contributed by atoms with Gasteiger partial charge in [0.15, 0.2) is 0 Å². The molecule has 2 heterocycles. The monoisotopic (exact) mass is 416 g/mol. The molecule has 0 radical (unpaired) electrons. The molecule has 28 heavy (non-hydrogen) atoms. The van der Waals surface area contributed by atoms with Crippen LogP contribution in [0, 0.1) is 5.82 Å². The standard InChI is InChI=1S/C20H18ClFN4OS/c21-14-9-7-13(8-10-14)12-18-24-20(28-25-18)26-11-3-6-17(26)19(27)23-16-5-2-1-4-15(16)22/h1-2,4-5,7-10,17H,3,6,11-12H2,(H,23,27). The predicted octanol–water partition coefficient (Wildman–Crippen LogP) is 4.53. The van der Waals surface area contributed by atoms with Gasteiger partial charge in [-0.15, -0.1) is 0 Å². The SMILES string of the molecule is O=C(Nc1ccccc1F)C1CCCN1c1nc(Cc2ccc(Cl)cc2)ns1. The molecule has 4 rings (SSSR count). The van der Waals surface area contributed by atoms with E-state index in [-0.39, 0.29) is 17.6 Å². The van der Waals surface area contributed by atoms with Gasteiger partial charge in [0.2, 0.25) is 11.0 Å². The Kier molecular flexibility index (Phi) is 5.54. The van der Waals surface area contributed by atoms with Crippen molar-refractivity contribution in [2.45, 2.75) is 25.3 Å². The average Bonchev–Trinajstić information content (AvgIpc) is 3.34. The van der Waals surface area contributed by atoms with Crippen molar-refractivity contribution in [2.24, 2.45) is 0 Å². The first-order valence-corrected chi connectivity index (χ1v) is 10.1. The zero-order valence-corrected chi connectivity index (χ0v) is 16.5. The molecule has 1 atom stereocenters. The molecule has 1 aromatic heterocycles. The first kappa shape index (κ1) is 18.8. The van der Waals surface area contributed by atoms with E-state index in [4.69, 9.17) is 11.6 Å². The molecule has 0 bridgehead atoms. The highest BCUT2D eigenvalue weighted by Gasteiger charge is 2.33. The highest BCUT2D eigenvalue weighted by molar-refractivity contribution is 7.09. The molecule has 1 unspecified atom stereocenters. The molecule has 1 saturated heterocycles. The van der Waals surface area contributed by atoms with E-state index in [0.29, 0.717) is 23.7 Å². The van der Waals surface area contributed by atoms with E-state index >= 15 is 0 Å². The number of hydrogen-bond donors (Lipinski definition) is 1. The van der Waals surface area contributed by atoms with Crippen LogP contribution in [0.1, 0.15) is 24.2 Å². The van der Waals surface area contributed by atoms with Crippen LogP contribution in [0.4, 0.5) is 15.2 Å². The number of nitrogens with zero attached hydrogens (tertiary/aromatic N) is 3. The second-order valence-corrected chi connectivity index (χ2v) is 7.78. The van der Waals surface area contributed by atoms with Gasteiger partial charge in [-0.2, -0.15) is 4.37 Å². The summed E-state index contributed by atoms with van der Waals surface area (Å²) in [6.45, 7) is 0.727. The summed E-state index contributed by atoms with van der Waals surface area (Å²) < 4.78 is 18.3. The van der Waals surface area contributed by atoms with Crippen molar-refractivity contribution < 1.29 is 9.18 Å². The summed E-state index contributed by atoms with van der Waals surface area (Å²) in [5.74, 6) is 0.0427. The Morgan fingerprint density at radius 1 is 1.25 bits per heavy atom. The van der Waals surface area contributed by atoms with E-state index in [9.17, 15) is 9.18 Å². The molecule has 0 spiro atoms. The topological polar surface area (TPSA) is 58.1 Å². The third-order valence-electron chi connectivity index (χ3n) is 4.67. The van der Waals surface area contributed by atoms with Crippen molar-refractivity contribution in [2.75, 3.05) is 16.8 Å². The fourth-order valence-corrected chi connectivity index (χ4v) is 4.15. The normalized spacial score (nSPS) is 16.4. The number of nitrogens with one attached hydrogen (secondary N) is 1. The molecule has 0 saturated carbocycles. The molecule has 1 aliphatic rings. The summed E-state index contributed by atoms with van der Waals surface area (Å²) in [6, 6.07) is 13.4. The first-order chi connectivity index (χ1) is 13.6. The van der Waals surface area contributed by atoms with Crippen LogP contribution in [0.25, 0.3) is 0 Å². The van der Waals surface area contributed by atoms with E-state index in [1.807, 2.05) is 29.2 Å². The maximum Gasteiger partial charge on any atom is 0.247 e.